The first-order chi connectivity index (χ1) is 13.5. The number of hydrogen-bond acceptors (Lipinski definition) is 4. The highest BCUT2D eigenvalue weighted by atomic mass is 79.9. The van der Waals surface area contributed by atoms with E-state index in [0.717, 1.165) is 27.5 Å². The third-order valence-electron chi connectivity index (χ3n) is 4.21. The fourth-order valence-electron chi connectivity index (χ4n) is 2.55. The Morgan fingerprint density at radius 1 is 1.28 bits per heavy atom. The van der Waals surface area contributed by atoms with Crippen LogP contribution in [0.5, 0.6) is 5.75 Å². The minimum absolute atomic E-state index is 0.440. The van der Waals surface area contributed by atoms with E-state index in [0.29, 0.717) is 31.5 Å². The van der Waals surface area contributed by atoms with Gasteiger partial charge in [0, 0.05) is 29.9 Å². The standard InChI is InChI=1S/C21H32BrN3O3Si/c1-15(2)14-28-19-8-7-18(22)12-17(19)13-25-16(3)11-20(24-25)23-21(26)27-9-10-29(4,5)6/h7-8,11-12,15H,9-10,13-14H2,1-6H3,(H,23,24,26). The van der Waals surface area contributed by atoms with Crippen LogP contribution in [0.2, 0.25) is 25.7 Å². The average Bonchev–Trinajstić information content (AvgIpc) is 2.91. The van der Waals surface area contributed by atoms with E-state index in [2.05, 4.69) is 59.8 Å². The Labute approximate surface area is 183 Å². The van der Waals surface area contributed by atoms with Crippen LogP contribution in [0, 0.1) is 12.8 Å². The van der Waals surface area contributed by atoms with Crippen LogP contribution in [0.3, 0.4) is 0 Å². The predicted molar refractivity (Wildman–Crippen MR) is 124 cm³/mol. The molecule has 1 aromatic carbocycles. The predicted octanol–water partition coefficient (Wildman–Crippen LogP) is 5.92. The van der Waals surface area contributed by atoms with Crippen molar-refractivity contribution < 1.29 is 14.3 Å². The molecule has 0 aliphatic carbocycles. The van der Waals surface area contributed by atoms with Crippen LogP contribution in [0.25, 0.3) is 0 Å². The maximum Gasteiger partial charge on any atom is 0.412 e. The maximum absolute atomic E-state index is 12.0. The monoisotopic (exact) mass is 481 g/mol. The highest BCUT2D eigenvalue weighted by molar-refractivity contribution is 9.10. The van der Waals surface area contributed by atoms with E-state index >= 15 is 0 Å². The second-order valence-electron chi connectivity index (χ2n) is 8.86. The Balaban J connectivity index is 2.03. The molecule has 0 bridgehead atoms. The SMILES string of the molecule is Cc1cc(NC(=O)OCC[Si](C)(C)C)nn1Cc1cc(Br)ccc1OCC(C)C. The van der Waals surface area contributed by atoms with Crippen molar-refractivity contribution >= 4 is 35.9 Å². The van der Waals surface area contributed by atoms with Crippen LogP contribution in [0.1, 0.15) is 25.1 Å². The summed E-state index contributed by atoms with van der Waals surface area (Å²) in [7, 11) is -1.23. The number of halogens is 1. The lowest BCUT2D eigenvalue weighted by Crippen LogP contribution is -2.24. The summed E-state index contributed by atoms with van der Waals surface area (Å²) in [6.45, 7) is 14.6. The van der Waals surface area contributed by atoms with Crippen molar-refractivity contribution in [3.63, 3.8) is 0 Å². The Bertz CT molecular complexity index is 831. The molecule has 160 valence electrons. The molecule has 0 atom stereocenters. The fourth-order valence-corrected chi connectivity index (χ4v) is 3.67. The average molecular weight is 482 g/mol. The quantitative estimate of drug-likeness (QED) is 0.451. The summed E-state index contributed by atoms with van der Waals surface area (Å²) in [6.07, 6.45) is -0.462. The molecule has 2 aromatic rings. The Kier molecular flexibility index (Phi) is 8.33. The van der Waals surface area contributed by atoms with Gasteiger partial charge in [0.1, 0.15) is 5.75 Å². The molecule has 2 rings (SSSR count). The van der Waals surface area contributed by atoms with Gasteiger partial charge >= 0.3 is 6.09 Å². The molecule has 29 heavy (non-hydrogen) atoms. The molecule has 0 aliphatic heterocycles. The van der Waals surface area contributed by atoms with E-state index in [-0.39, 0.29) is 0 Å². The van der Waals surface area contributed by atoms with Gasteiger partial charge in [-0.15, -0.1) is 0 Å². The van der Waals surface area contributed by atoms with Crippen molar-refractivity contribution in [2.75, 3.05) is 18.5 Å². The molecule has 1 amide bonds. The molecule has 1 heterocycles. The number of benzene rings is 1. The highest BCUT2D eigenvalue weighted by Gasteiger charge is 2.15. The van der Waals surface area contributed by atoms with Crippen molar-refractivity contribution in [1.29, 1.82) is 0 Å². The van der Waals surface area contributed by atoms with Crippen LogP contribution in [-0.2, 0) is 11.3 Å². The smallest absolute Gasteiger partial charge is 0.412 e. The summed E-state index contributed by atoms with van der Waals surface area (Å²) >= 11 is 3.53. The molecule has 0 unspecified atom stereocenters. The second-order valence-corrected chi connectivity index (χ2v) is 15.4. The van der Waals surface area contributed by atoms with Crippen LogP contribution < -0.4 is 10.1 Å². The van der Waals surface area contributed by atoms with Gasteiger partial charge in [0.2, 0.25) is 0 Å². The van der Waals surface area contributed by atoms with Crippen molar-refractivity contribution in [2.24, 2.45) is 5.92 Å². The number of rotatable bonds is 9. The molecule has 0 saturated heterocycles. The first-order valence-electron chi connectivity index (χ1n) is 9.93. The third-order valence-corrected chi connectivity index (χ3v) is 6.41. The first-order valence-corrected chi connectivity index (χ1v) is 14.4. The highest BCUT2D eigenvalue weighted by Crippen LogP contribution is 2.25. The van der Waals surface area contributed by atoms with Crippen LogP contribution in [0.4, 0.5) is 10.6 Å². The number of aryl methyl sites for hydroxylation is 1. The lowest BCUT2D eigenvalue weighted by atomic mass is 10.2. The Morgan fingerprint density at radius 3 is 2.66 bits per heavy atom. The number of carbonyl (C=O) groups is 1. The summed E-state index contributed by atoms with van der Waals surface area (Å²) in [6, 6.07) is 8.76. The third kappa shape index (κ3) is 8.22. The Hall–Kier alpha value is -1.80. The molecule has 6 nitrogen and oxygen atoms in total. The van der Waals surface area contributed by atoms with Gasteiger partial charge < -0.3 is 9.47 Å². The van der Waals surface area contributed by atoms with Crippen LogP contribution >= 0.6 is 15.9 Å². The van der Waals surface area contributed by atoms with Crippen molar-refractivity contribution in [2.45, 2.75) is 53.0 Å². The molecule has 8 heteroatoms. The number of carbonyl (C=O) groups excluding carboxylic acids is 1. The lowest BCUT2D eigenvalue weighted by Gasteiger charge is -2.15. The summed E-state index contributed by atoms with van der Waals surface area (Å²) in [4.78, 5) is 12.0. The number of aromatic nitrogens is 2. The first kappa shape index (κ1) is 23.5. The van der Waals surface area contributed by atoms with E-state index < -0.39 is 14.2 Å². The van der Waals surface area contributed by atoms with Crippen molar-refractivity contribution in [1.82, 2.24) is 9.78 Å². The van der Waals surface area contributed by atoms with Crippen molar-refractivity contribution in [3.8, 4) is 5.75 Å². The zero-order valence-electron chi connectivity index (χ0n) is 18.2. The minimum atomic E-state index is -1.23. The summed E-state index contributed by atoms with van der Waals surface area (Å²) in [5.74, 6) is 1.78. The lowest BCUT2D eigenvalue weighted by molar-refractivity contribution is 0.167. The molecule has 0 aliphatic rings. The number of amides is 1. The molecule has 0 spiro atoms. The van der Waals surface area contributed by atoms with E-state index in [1.165, 1.54) is 0 Å². The van der Waals surface area contributed by atoms with Gasteiger partial charge in [0.25, 0.3) is 0 Å². The number of nitrogens with zero attached hydrogens (tertiary/aromatic N) is 2. The summed E-state index contributed by atoms with van der Waals surface area (Å²) < 4.78 is 14.1. The zero-order chi connectivity index (χ0) is 21.6. The summed E-state index contributed by atoms with van der Waals surface area (Å²) in [5, 5.41) is 7.23. The molecule has 0 radical (unpaired) electrons. The van der Waals surface area contributed by atoms with Gasteiger partial charge in [0.15, 0.2) is 5.82 Å². The molecule has 1 aromatic heterocycles. The van der Waals surface area contributed by atoms with Crippen molar-refractivity contribution in [3.05, 3.63) is 40.0 Å². The van der Waals surface area contributed by atoms with E-state index in [4.69, 9.17) is 9.47 Å². The van der Waals surface area contributed by atoms with E-state index in [9.17, 15) is 4.79 Å². The number of anilines is 1. The maximum atomic E-state index is 12.0. The van der Waals surface area contributed by atoms with Gasteiger partial charge in [-0.1, -0.05) is 49.4 Å². The van der Waals surface area contributed by atoms with Gasteiger partial charge in [0.05, 0.1) is 19.8 Å². The molecular formula is C21H32BrN3O3Si. The fraction of sp³-hybridized carbons (Fsp3) is 0.524. The second kappa shape index (κ2) is 10.3. The van der Waals surface area contributed by atoms with Gasteiger partial charge in [-0.05, 0) is 37.1 Å². The molecular weight excluding hydrogens is 450 g/mol. The topological polar surface area (TPSA) is 65.4 Å². The minimum Gasteiger partial charge on any atom is -0.493 e. The van der Waals surface area contributed by atoms with Crippen LogP contribution in [-0.4, -0.2) is 37.2 Å². The molecule has 1 N–H and O–H groups in total. The molecule has 0 fully saturated rings. The number of nitrogens with one attached hydrogen (secondary N) is 1. The number of hydrogen-bond donors (Lipinski definition) is 1. The normalized spacial score (nSPS) is 11.6. The number of ether oxygens (including phenoxy) is 2. The molecule has 0 saturated carbocycles. The van der Waals surface area contributed by atoms with Crippen LogP contribution in [0.15, 0.2) is 28.7 Å². The van der Waals surface area contributed by atoms with Gasteiger partial charge in [-0.25, -0.2) is 4.79 Å². The zero-order valence-corrected chi connectivity index (χ0v) is 20.8. The van der Waals surface area contributed by atoms with Gasteiger partial charge in [-0.3, -0.25) is 10.00 Å². The van der Waals surface area contributed by atoms with Gasteiger partial charge in [-0.2, -0.15) is 5.10 Å². The van der Waals surface area contributed by atoms with E-state index in [1.54, 1.807) is 0 Å². The largest absolute Gasteiger partial charge is 0.493 e. The van der Waals surface area contributed by atoms with E-state index in [1.807, 2.05) is 35.9 Å². The Morgan fingerprint density at radius 2 is 2.00 bits per heavy atom. The summed E-state index contributed by atoms with van der Waals surface area (Å²) in [5.41, 5.74) is 1.97.